The second-order valence-electron chi connectivity index (χ2n) is 2.59. The molecule has 76 valence electrons. The Balaban J connectivity index is 3.31. The molecular formula is C8H6F2O4. The first-order chi connectivity index (χ1) is 6.43. The van der Waals surface area contributed by atoms with Gasteiger partial charge in [0.15, 0.2) is 23.1 Å². The molecule has 0 aromatic heterocycles. The van der Waals surface area contributed by atoms with Gasteiger partial charge in [-0.3, -0.25) is 4.79 Å². The quantitative estimate of drug-likeness (QED) is 0.671. The van der Waals surface area contributed by atoms with Crippen molar-refractivity contribution in [3.63, 3.8) is 0 Å². The van der Waals surface area contributed by atoms with E-state index in [9.17, 15) is 13.6 Å². The van der Waals surface area contributed by atoms with Crippen LogP contribution >= 0.6 is 0 Å². The molecule has 4 nitrogen and oxygen atoms in total. The molecule has 14 heavy (non-hydrogen) atoms. The third-order valence-electron chi connectivity index (χ3n) is 1.58. The van der Waals surface area contributed by atoms with E-state index in [1.165, 1.54) is 0 Å². The lowest BCUT2D eigenvalue weighted by atomic mass is 10.1. The van der Waals surface area contributed by atoms with E-state index in [4.69, 9.17) is 15.3 Å². The number of aliphatic carboxylic acids is 1. The van der Waals surface area contributed by atoms with Crippen LogP contribution in [0.1, 0.15) is 5.56 Å². The number of carboxylic acids is 1. The second-order valence-corrected chi connectivity index (χ2v) is 2.59. The molecule has 6 heteroatoms. The average molecular weight is 204 g/mol. The predicted molar refractivity (Wildman–Crippen MR) is 41.0 cm³/mol. The Morgan fingerprint density at radius 3 is 2.00 bits per heavy atom. The van der Waals surface area contributed by atoms with E-state index in [0.29, 0.717) is 6.07 Å². The smallest absolute Gasteiger partial charge is 0.308 e. The number of hydrogen-bond acceptors (Lipinski definition) is 3. The number of carbonyl (C=O) groups is 1. The second kappa shape index (κ2) is 3.49. The highest BCUT2D eigenvalue weighted by Gasteiger charge is 2.19. The van der Waals surface area contributed by atoms with Gasteiger partial charge in [-0.15, -0.1) is 0 Å². The zero-order chi connectivity index (χ0) is 10.9. The first kappa shape index (κ1) is 10.2. The van der Waals surface area contributed by atoms with Gasteiger partial charge in [0.25, 0.3) is 0 Å². The summed E-state index contributed by atoms with van der Waals surface area (Å²) >= 11 is 0. The lowest BCUT2D eigenvalue weighted by molar-refractivity contribution is -0.136. The molecule has 3 N–H and O–H groups in total. The minimum atomic E-state index is -1.46. The Hall–Kier alpha value is -1.85. The Morgan fingerprint density at radius 2 is 1.64 bits per heavy atom. The fourth-order valence-corrected chi connectivity index (χ4v) is 0.968. The van der Waals surface area contributed by atoms with E-state index in [2.05, 4.69) is 0 Å². The highest BCUT2D eigenvalue weighted by molar-refractivity contribution is 5.71. The van der Waals surface area contributed by atoms with Crippen LogP contribution in [-0.4, -0.2) is 21.3 Å². The lowest BCUT2D eigenvalue weighted by Crippen LogP contribution is -2.05. The van der Waals surface area contributed by atoms with Gasteiger partial charge in [0, 0.05) is 11.6 Å². The summed E-state index contributed by atoms with van der Waals surface area (Å²) in [4.78, 5) is 10.2. The summed E-state index contributed by atoms with van der Waals surface area (Å²) in [5.74, 6) is -6.18. The maximum absolute atomic E-state index is 12.9. The number of halogens is 2. The molecule has 0 unspecified atom stereocenters. The van der Waals surface area contributed by atoms with Gasteiger partial charge in [0.05, 0.1) is 6.42 Å². The number of phenolic OH excluding ortho intramolecular Hbond substituents is 2. The number of phenols is 2. The van der Waals surface area contributed by atoms with Crippen LogP contribution in [0.5, 0.6) is 11.5 Å². The van der Waals surface area contributed by atoms with Crippen molar-refractivity contribution in [2.75, 3.05) is 0 Å². The molecule has 0 saturated heterocycles. The zero-order valence-electron chi connectivity index (χ0n) is 6.79. The standard InChI is InChI=1S/C8H6F2O4/c9-7-3(1-6(13)14)8(10)5(12)2-4(7)11/h2,11-12H,1H2,(H,13,14). The molecule has 0 heterocycles. The molecule has 0 amide bonds. The summed E-state index contributed by atoms with van der Waals surface area (Å²) in [7, 11) is 0. The van der Waals surface area contributed by atoms with Crippen LogP contribution in [0, 0.1) is 11.6 Å². The van der Waals surface area contributed by atoms with Crippen molar-refractivity contribution in [1.82, 2.24) is 0 Å². The highest BCUT2D eigenvalue weighted by Crippen LogP contribution is 2.29. The van der Waals surface area contributed by atoms with Crippen molar-refractivity contribution >= 4 is 5.97 Å². The summed E-state index contributed by atoms with van der Waals surface area (Å²) in [5, 5.41) is 25.9. The fraction of sp³-hybridized carbons (Fsp3) is 0.125. The van der Waals surface area contributed by atoms with Crippen LogP contribution in [0.3, 0.4) is 0 Å². The Labute approximate surface area is 77.0 Å². The summed E-state index contributed by atoms with van der Waals surface area (Å²) in [6.07, 6.45) is -0.945. The summed E-state index contributed by atoms with van der Waals surface area (Å²) < 4.78 is 25.9. The van der Waals surface area contributed by atoms with E-state index < -0.39 is 41.1 Å². The molecule has 0 saturated carbocycles. The number of benzene rings is 1. The third kappa shape index (κ3) is 1.73. The van der Waals surface area contributed by atoms with Crippen LogP contribution in [-0.2, 0) is 11.2 Å². The molecule has 0 aliphatic rings. The van der Waals surface area contributed by atoms with Crippen molar-refractivity contribution in [2.24, 2.45) is 0 Å². The average Bonchev–Trinajstić information content (AvgIpc) is 2.09. The first-order valence-corrected chi connectivity index (χ1v) is 3.54. The molecule has 0 aliphatic carbocycles. The van der Waals surface area contributed by atoms with Crippen molar-refractivity contribution < 1.29 is 28.9 Å². The normalized spacial score (nSPS) is 10.1. The van der Waals surface area contributed by atoms with E-state index in [-0.39, 0.29) is 0 Å². The van der Waals surface area contributed by atoms with Gasteiger partial charge < -0.3 is 15.3 Å². The Morgan fingerprint density at radius 1 is 1.21 bits per heavy atom. The van der Waals surface area contributed by atoms with Crippen LogP contribution in [0.25, 0.3) is 0 Å². The Kier molecular flexibility index (Phi) is 2.55. The van der Waals surface area contributed by atoms with Crippen LogP contribution in [0.2, 0.25) is 0 Å². The molecule has 0 radical (unpaired) electrons. The molecule has 1 aromatic rings. The van der Waals surface area contributed by atoms with Crippen LogP contribution in [0.4, 0.5) is 8.78 Å². The molecule has 1 rings (SSSR count). The van der Waals surface area contributed by atoms with Gasteiger partial charge in [-0.25, -0.2) is 8.78 Å². The number of hydrogen-bond donors (Lipinski definition) is 3. The topological polar surface area (TPSA) is 77.8 Å². The maximum atomic E-state index is 12.9. The van der Waals surface area contributed by atoms with Gasteiger partial charge in [0.1, 0.15) is 0 Å². The first-order valence-electron chi connectivity index (χ1n) is 3.54. The molecule has 0 fully saturated rings. The van der Waals surface area contributed by atoms with Gasteiger partial charge >= 0.3 is 5.97 Å². The van der Waals surface area contributed by atoms with E-state index in [1.807, 2.05) is 0 Å². The van der Waals surface area contributed by atoms with E-state index in [0.717, 1.165) is 0 Å². The van der Waals surface area contributed by atoms with Crippen LogP contribution in [0.15, 0.2) is 6.07 Å². The molecule has 1 aromatic carbocycles. The van der Waals surface area contributed by atoms with Crippen molar-refractivity contribution in [3.05, 3.63) is 23.3 Å². The van der Waals surface area contributed by atoms with Gasteiger partial charge in [-0.05, 0) is 0 Å². The van der Waals surface area contributed by atoms with Crippen molar-refractivity contribution in [3.8, 4) is 11.5 Å². The van der Waals surface area contributed by atoms with Gasteiger partial charge in [-0.2, -0.15) is 0 Å². The largest absolute Gasteiger partial charge is 0.505 e. The van der Waals surface area contributed by atoms with Crippen LogP contribution < -0.4 is 0 Å². The molecule has 0 spiro atoms. The fourth-order valence-electron chi connectivity index (χ4n) is 0.968. The Bertz CT molecular complexity index is 363. The zero-order valence-corrected chi connectivity index (χ0v) is 6.79. The minimum absolute atomic E-state index is 0.468. The summed E-state index contributed by atoms with van der Waals surface area (Å²) in [5.41, 5.74) is -0.866. The lowest BCUT2D eigenvalue weighted by Gasteiger charge is -2.05. The summed E-state index contributed by atoms with van der Waals surface area (Å²) in [6, 6.07) is 0.468. The van der Waals surface area contributed by atoms with Crippen molar-refractivity contribution in [1.29, 1.82) is 0 Å². The van der Waals surface area contributed by atoms with E-state index in [1.54, 1.807) is 0 Å². The third-order valence-corrected chi connectivity index (χ3v) is 1.58. The number of carboxylic acid groups (broad SMARTS) is 1. The maximum Gasteiger partial charge on any atom is 0.308 e. The monoisotopic (exact) mass is 204 g/mol. The van der Waals surface area contributed by atoms with Gasteiger partial charge in [0.2, 0.25) is 0 Å². The highest BCUT2D eigenvalue weighted by atomic mass is 19.1. The van der Waals surface area contributed by atoms with Crippen molar-refractivity contribution in [2.45, 2.75) is 6.42 Å². The number of rotatable bonds is 2. The minimum Gasteiger partial charge on any atom is -0.505 e. The SMILES string of the molecule is O=C(O)Cc1c(F)c(O)cc(O)c1F. The van der Waals surface area contributed by atoms with E-state index >= 15 is 0 Å². The number of aromatic hydroxyl groups is 2. The predicted octanol–water partition coefficient (Wildman–Crippen LogP) is 1.00. The molecule has 0 aliphatic heterocycles. The molecule has 0 bridgehead atoms. The summed E-state index contributed by atoms with van der Waals surface area (Å²) in [6.45, 7) is 0. The van der Waals surface area contributed by atoms with Gasteiger partial charge in [-0.1, -0.05) is 0 Å². The molecular weight excluding hydrogens is 198 g/mol. The molecule has 0 atom stereocenters.